The molecule has 0 aliphatic carbocycles. The number of hydrogen-bond acceptors (Lipinski definition) is 3. The van der Waals surface area contributed by atoms with Crippen LogP contribution < -0.4 is 4.74 Å². The third-order valence-corrected chi connectivity index (χ3v) is 6.13. The van der Waals surface area contributed by atoms with Gasteiger partial charge in [-0.25, -0.2) is 0 Å². The van der Waals surface area contributed by atoms with Crippen molar-refractivity contribution >= 4 is 29.3 Å². The van der Waals surface area contributed by atoms with Gasteiger partial charge in [-0.15, -0.1) is 0 Å². The van der Waals surface area contributed by atoms with E-state index in [1.165, 1.54) is 5.56 Å². The number of rotatable bonds is 4. The van der Waals surface area contributed by atoms with Crippen LogP contribution in [-0.2, 0) is 11.2 Å². The molecule has 3 rings (SSSR count). The van der Waals surface area contributed by atoms with Crippen molar-refractivity contribution in [1.29, 1.82) is 0 Å². The molecule has 0 bridgehead atoms. The maximum atomic E-state index is 12.7. The van der Waals surface area contributed by atoms with Crippen molar-refractivity contribution in [3.05, 3.63) is 64.7 Å². The van der Waals surface area contributed by atoms with Gasteiger partial charge in [-0.05, 0) is 24.1 Å². The van der Waals surface area contributed by atoms with Crippen molar-refractivity contribution in [3.63, 3.8) is 0 Å². The molecule has 3 nitrogen and oxygen atoms in total. The highest BCUT2D eigenvalue weighted by atomic mass is 35.5. The van der Waals surface area contributed by atoms with Crippen LogP contribution in [0.25, 0.3) is 0 Å². The molecule has 1 unspecified atom stereocenters. The number of benzene rings is 2. The highest BCUT2D eigenvalue weighted by Crippen LogP contribution is 2.37. The lowest BCUT2D eigenvalue weighted by atomic mass is 10.1. The molecule has 1 heterocycles. The Balaban J connectivity index is 1.65. The van der Waals surface area contributed by atoms with Gasteiger partial charge in [0.05, 0.1) is 13.5 Å². The molecule has 1 aliphatic heterocycles. The molecule has 2 aromatic carbocycles. The molecule has 1 atom stereocenters. The molecule has 1 aliphatic rings. The molecule has 1 amide bonds. The Morgan fingerprint density at radius 1 is 1.20 bits per heavy atom. The molecule has 132 valence electrons. The van der Waals surface area contributed by atoms with Gasteiger partial charge in [0, 0.05) is 34.7 Å². The van der Waals surface area contributed by atoms with Crippen molar-refractivity contribution in [3.8, 4) is 5.75 Å². The fourth-order valence-electron chi connectivity index (χ4n) is 3.13. The van der Waals surface area contributed by atoms with Crippen molar-refractivity contribution in [1.82, 2.24) is 4.90 Å². The molecular formula is C20H22ClNO2S. The number of thioether (sulfide) groups is 1. The largest absolute Gasteiger partial charge is 0.496 e. The zero-order valence-corrected chi connectivity index (χ0v) is 15.9. The summed E-state index contributed by atoms with van der Waals surface area (Å²) in [4.78, 5) is 14.7. The second-order valence-electron chi connectivity index (χ2n) is 6.04. The Bertz CT molecular complexity index is 737. The van der Waals surface area contributed by atoms with E-state index in [4.69, 9.17) is 16.3 Å². The summed E-state index contributed by atoms with van der Waals surface area (Å²) in [5.41, 5.74) is 2.11. The Hall–Kier alpha value is -1.65. The smallest absolute Gasteiger partial charge is 0.227 e. The number of para-hydroxylation sites is 1. The van der Waals surface area contributed by atoms with E-state index in [1.54, 1.807) is 7.11 Å². The van der Waals surface area contributed by atoms with Crippen molar-refractivity contribution in [2.45, 2.75) is 18.1 Å². The Kier molecular flexibility index (Phi) is 6.27. The van der Waals surface area contributed by atoms with Crippen LogP contribution in [-0.4, -0.2) is 36.8 Å². The zero-order valence-electron chi connectivity index (χ0n) is 14.3. The average Bonchev–Trinajstić information content (AvgIpc) is 2.89. The quantitative estimate of drug-likeness (QED) is 0.782. The molecule has 0 spiro atoms. The van der Waals surface area contributed by atoms with Crippen LogP contribution in [0.4, 0.5) is 0 Å². The van der Waals surface area contributed by atoms with E-state index in [0.29, 0.717) is 11.7 Å². The van der Waals surface area contributed by atoms with Gasteiger partial charge in [-0.1, -0.05) is 48.0 Å². The number of amides is 1. The summed E-state index contributed by atoms with van der Waals surface area (Å²) in [7, 11) is 1.64. The van der Waals surface area contributed by atoms with E-state index < -0.39 is 0 Å². The lowest BCUT2D eigenvalue weighted by Crippen LogP contribution is -2.34. The van der Waals surface area contributed by atoms with Crippen LogP contribution in [0.15, 0.2) is 48.5 Å². The van der Waals surface area contributed by atoms with Gasteiger partial charge in [-0.3, -0.25) is 4.79 Å². The Morgan fingerprint density at radius 2 is 1.96 bits per heavy atom. The van der Waals surface area contributed by atoms with Gasteiger partial charge >= 0.3 is 0 Å². The first-order valence-corrected chi connectivity index (χ1v) is 9.87. The lowest BCUT2D eigenvalue weighted by molar-refractivity contribution is -0.130. The molecule has 0 radical (unpaired) electrons. The minimum absolute atomic E-state index is 0.157. The number of hydrogen-bond donors (Lipinski definition) is 0. The van der Waals surface area contributed by atoms with Crippen LogP contribution in [0.2, 0.25) is 5.02 Å². The number of carbonyl (C=O) groups excluding carboxylic acids is 1. The Morgan fingerprint density at radius 3 is 2.76 bits per heavy atom. The summed E-state index contributed by atoms with van der Waals surface area (Å²) in [6, 6.07) is 15.7. The highest BCUT2D eigenvalue weighted by molar-refractivity contribution is 7.99. The van der Waals surface area contributed by atoms with E-state index in [0.717, 1.165) is 41.6 Å². The van der Waals surface area contributed by atoms with Gasteiger partial charge in [0.15, 0.2) is 0 Å². The number of carbonyl (C=O) groups is 1. The molecule has 0 saturated carbocycles. The fraction of sp³-hybridized carbons (Fsp3) is 0.350. The third-order valence-electron chi connectivity index (χ3n) is 4.48. The summed E-state index contributed by atoms with van der Waals surface area (Å²) in [5.74, 6) is 1.85. The third kappa shape index (κ3) is 4.50. The second-order valence-corrected chi connectivity index (χ2v) is 7.76. The minimum atomic E-state index is 0.157. The van der Waals surface area contributed by atoms with Gasteiger partial charge in [-0.2, -0.15) is 11.8 Å². The zero-order chi connectivity index (χ0) is 17.6. The second kappa shape index (κ2) is 8.63. The minimum Gasteiger partial charge on any atom is -0.496 e. The van der Waals surface area contributed by atoms with Gasteiger partial charge in [0.2, 0.25) is 5.91 Å². The van der Waals surface area contributed by atoms with Crippen LogP contribution >= 0.6 is 23.4 Å². The maximum absolute atomic E-state index is 12.7. The van der Waals surface area contributed by atoms with E-state index >= 15 is 0 Å². The van der Waals surface area contributed by atoms with Gasteiger partial charge < -0.3 is 9.64 Å². The van der Waals surface area contributed by atoms with Gasteiger partial charge in [0.25, 0.3) is 0 Å². The summed E-state index contributed by atoms with van der Waals surface area (Å²) >= 11 is 8.23. The van der Waals surface area contributed by atoms with E-state index in [9.17, 15) is 4.79 Å². The predicted molar refractivity (Wildman–Crippen MR) is 105 cm³/mol. The van der Waals surface area contributed by atoms with Crippen LogP contribution in [0, 0.1) is 0 Å². The number of nitrogens with zero attached hydrogens (tertiary/aromatic N) is 1. The molecule has 0 aromatic heterocycles. The van der Waals surface area contributed by atoms with Crippen LogP contribution in [0.1, 0.15) is 22.8 Å². The first-order chi connectivity index (χ1) is 12.2. The molecule has 0 N–H and O–H groups in total. The topological polar surface area (TPSA) is 29.5 Å². The number of halogens is 1. The lowest BCUT2D eigenvalue weighted by Gasteiger charge is -2.21. The van der Waals surface area contributed by atoms with E-state index in [1.807, 2.05) is 59.1 Å². The van der Waals surface area contributed by atoms with Crippen molar-refractivity contribution < 1.29 is 9.53 Å². The summed E-state index contributed by atoms with van der Waals surface area (Å²) in [6.45, 7) is 1.54. The fourth-order valence-corrected chi connectivity index (χ4v) is 4.73. The predicted octanol–water partition coefficient (Wildman–Crippen LogP) is 4.60. The molecule has 1 saturated heterocycles. The normalized spacial score (nSPS) is 17.8. The molecule has 1 fully saturated rings. The highest BCUT2D eigenvalue weighted by Gasteiger charge is 2.23. The SMILES string of the molecule is COc1ccccc1CC(=O)N1CCSC(c2ccccc2Cl)CC1. The molecule has 2 aromatic rings. The van der Waals surface area contributed by atoms with E-state index in [-0.39, 0.29) is 5.91 Å². The molecule has 5 heteroatoms. The standard InChI is InChI=1S/C20H22ClNO2S/c1-24-18-9-5-2-6-15(18)14-20(23)22-11-10-19(25-13-12-22)16-7-3-4-8-17(16)21/h2-9,19H,10-14H2,1H3. The van der Waals surface area contributed by atoms with Crippen molar-refractivity contribution in [2.24, 2.45) is 0 Å². The summed E-state index contributed by atoms with van der Waals surface area (Å²) in [6.07, 6.45) is 1.30. The monoisotopic (exact) mass is 375 g/mol. The number of methoxy groups -OCH3 is 1. The summed E-state index contributed by atoms with van der Waals surface area (Å²) in [5, 5.41) is 1.16. The Labute approximate surface area is 158 Å². The van der Waals surface area contributed by atoms with Crippen LogP contribution in [0.3, 0.4) is 0 Å². The molecular weight excluding hydrogens is 354 g/mol. The van der Waals surface area contributed by atoms with Gasteiger partial charge in [0.1, 0.15) is 5.75 Å². The van der Waals surface area contributed by atoms with Crippen LogP contribution in [0.5, 0.6) is 5.75 Å². The number of ether oxygens (including phenoxy) is 1. The van der Waals surface area contributed by atoms with Crippen molar-refractivity contribution in [2.75, 3.05) is 26.0 Å². The first kappa shape index (κ1) is 18.2. The summed E-state index contributed by atoms with van der Waals surface area (Å²) < 4.78 is 5.36. The van der Waals surface area contributed by atoms with E-state index in [2.05, 4.69) is 6.07 Å². The average molecular weight is 376 g/mol. The maximum Gasteiger partial charge on any atom is 0.227 e. The molecule has 25 heavy (non-hydrogen) atoms. The first-order valence-electron chi connectivity index (χ1n) is 8.44.